The van der Waals surface area contributed by atoms with Crippen LogP contribution in [0.4, 0.5) is 10.1 Å². The van der Waals surface area contributed by atoms with Crippen LogP contribution in [0, 0.1) is 5.82 Å². The summed E-state index contributed by atoms with van der Waals surface area (Å²) in [5.74, 6) is -0.211. The predicted molar refractivity (Wildman–Crippen MR) is 74.6 cm³/mol. The van der Waals surface area contributed by atoms with Crippen molar-refractivity contribution in [3.8, 4) is 22.8 Å². The topological polar surface area (TPSA) is 64.9 Å². The molecule has 0 amide bonds. The number of aromatic nitrogens is 2. The fourth-order valence-corrected chi connectivity index (χ4v) is 2.08. The SMILES string of the molecule is Nc1ccccc1-c1noc(-c2c(F)cccc2Cl)n1. The molecule has 0 fully saturated rings. The van der Waals surface area contributed by atoms with Gasteiger partial charge in [-0.05, 0) is 24.3 Å². The van der Waals surface area contributed by atoms with E-state index in [-0.39, 0.29) is 22.3 Å². The fraction of sp³-hybridized carbons (Fsp3) is 0. The van der Waals surface area contributed by atoms with E-state index in [1.165, 1.54) is 12.1 Å². The van der Waals surface area contributed by atoms with Gasteiger partial charge in [0.2, 0.25) is 5.82 Å². The average Bonchev–Trinajstić information content (AvgIpc) is 2.88. The molecule has 0 bridgehead atoms. The first kappa shape index (κ1) is 12.6. The van der Waals surface area contributed by atoms with Gasteiger partial charge in [-0.25, -0.2) is 4.39 Å². The lowest BCUT2D eigenvalue weighted by Crippen LogP contribution is -1.91. The molecule has 1 aromatic heterocycles. The number of nitrogen functional groups attached to an aromatic ring is 1. The van der Waals surface area contributed by atoms with Crippen molar-refractivity contribution in [3.05, 3.63) is 53.3 Å². The summed E-state index contributed by atoms with van der Waals surface area (Å²) in [6.07, 6.45) is 0. The maximum atomic E-state index is 13.8. The van der Waals surface area contributed by atoms with Gasteiger partial charge in [0.25, 0.3) is 5.89 Å². The van der Waals surface area contributed by atoms with Gasteiger partial charge >= 0.3 is 0 Å². The monoisotopic (exact) mass is 289 g/mol. The molecule has 0 atom stereocenters. The molecular weight excluding hydrogens is 281 g/mol. The minimum Gasteiger partial charge on any atom is -0.398 e. The molecule has 6 heteroatoms. The second-order valence-electron chi connectivity index (χ2n) is 4.11. The Morgan fingerprint density at radius 2 is 1.90 bits per heavy atom. The molecule has 2 N–H and O–H groups in total. The van der Waals surface area contributed by atoms with E-state index in [4.69, 9.17) is 21.9 Å². The minimum absolute atomic E-state index is 0.0198. The summed E-state index contributed by atoms with van der Waals surface area (Å²) in [6, 6.07) is 11.4. The summed E-state index contributed by atoms with van der Waals surface area (Å²) in [5, 5.41) is 4.02. The number of hydrogen-bond acceptors (Lipinski definition) is 4. The van der Waals surface area contributed by atoms with Crippen molar-refractivity contribution in [2.75, 3.05) is 5.73 Å². The van der Waals surface area contributed by atoms with E-state index in [1.807, 2.05) is 0 Å². The van der Waals surface area contributed by atoms with Crippen LogP contribution in [-0.2, 0) is 0 Å². The van der Waals surface area contributed by atoms with Crippen molar-refractivity contribution in [1.82, 2.24) is 10.1 Å². The second kappa shape index (κ2) is 4.94. The molecular formula is C14H9ClFN3O. The van der Waals surface area contributed by atoms with Gasteiger partial charge < -0.3 is 10.3 Å². The molecule has 4 nitrogen and oxygen atoms in total. The number of halogens is 2. The van der Waals surface area contributed by atoms with Crippen LogP contribution >= 0.6 is 11.6 Å². The molecule has 0 radical (unpaired) electrons. The molecule has 0 aliphatic carbocycles. The number of nitrogens with two attached hydrogens (primary N) is 1. The lowest BCUT2D eigenvalue weighted by Gasteiger charge is -1.99. The van der Waals surface area contributed by atoms with Crippen LogP contribution in [0.25, 0.3) is 22.8 Å². The molecule has 3 rings (SSSR count). The van der Waals surface area contributed by atoms with Crippen LogP contribution in [0.3, 0.4) is 0 Å². The third-order valence-electron chi connectivity index (χ3n) is 2.80. The Morgan fingerprint density at radius 3 is 2.65 bits per heavy atom. The van der Waals surface area contributed by atoms with Gasteiger partial charge in [0, 0.05) is 11.3 Å². The van der Waals surface area contributed by atoms with Crippen LogP contribution in [-0.4, -0.2) is 10.1 Å². The zero-order chi connectivity index (χ0) is 14.1. The number of nitrogens with zero attached hydrogens (tertiary/aromatic N) is 2. The van der Waals surface area contributed by atoms with Crippen molar-refractivity contribution in [1.29, 1.82) is 0 Å². The minimum atomic E-state index is -0.520. The van der Waals surface area contributed by atoms with Crippen molar-refractivity contribution >= 4 is 17.3 Å². The van der Waals surface area contributed by atoms with Gasteiger partial charge in [0.05, 0.1) is 10.6 Å². The van der Waals surface area contributed by atoms with E-state index in [0.717, 1.165) is 0 Å². The van der Waals surface area contributed by atoms with Crippen LogP contribution in [0.1, 0.15) is 0 Å². The van der Waals surface area contributed by atoms with Gasteiger partial charge in [-0.2, -0.15) is 4.98 Å². The lowest BCUT2D eigenvalue weighted by atomic mass is 10.1. The lowest BCUT2D eigenvalue weighted by molar-refractivity contribution is 0.430. The summed E-state index contributed by atoms with van der Waals surface area (Å²) in [5.41, 5.74) is 7.06. The van der Waals surface area contributed by atoms with E-state index < -0.39 is 5.82 Å². The molecule has 2 aromatic carbocycles. The molecule has 0 saturated heterocycles. The Kier molecular flexibility index (Phi) is 3.12. The van der Waals surface area contributed by atoms with E-state index in [9.17, 15) is 4.39 Å². The van der Waals surface area contributed by atoms with E-state index in [2.05, 4.69) is 10.1 Å². The van der Waals surface area contributed by atoms with Gasteiger partial charge in [-0.3, -0.25) is 0 Å². The molecule has 0 unspecified atom stereocenters. The molecule has 0 saturated carbocycles. The first-order chi connectivity index (χ1) is 9.66. The van der Waals surface area contributed by atoms with Crippen LogP contribution in [0.15, 0.2) is 47.0 Å². The van der Waals surface area contributed by atoms with Crippen molar-refractivity contribution in [3.63, 3.8) is 0 Å². The zero-order valence-corrected chi connectivity index (χ0v) is 10.9. The highest BCUT2D eigenvalue weighted by atomic mass is 35.5. The van der Waals surface area contributed by atoms with Crippen LogP contribution in [0.2, 0.25) is 5.02 Å². The largest absolute Gasteiger partial charge is 0.398 e. The Morgan fingerprint density at radius 1 is 1.10 bits per heavy atom. The highest BCUT2D eigenvalue weighted by molar-refractivity contribution is 6.33. The van der Waals surface area contributed by atoms with Gasteiger partial charge in [0.15, 0.2) is 0 Å². The number of rotatable bonds is 2. The van der Waals surface area contributed by atoms with Crippen molar-refractivity contribution in [2.45, 2.75) is 0 Å². The van der Waals surface area contributed by atoms with Crippen molar-refractivity contribution in [2.24, 2.45) is 0 Å². The Hall–Kier alpha value is -2.40. The third-order valence-corrected chi connectivity index (χ3v) is 3.12. The van der Waals surface area contributed by atoms with E-state index >= 15 is 0 Å². The quantitative estimate of drug-likeness (QED) is 0.729. The molecule has 0 spiro atoms. The number of para-hydroxylation sites is 1. The molecule has 100 valence electrons. The Balaban J connectivity index is 2.10. The fourth-order valence-electron chi connectivity index (χ4n) is 1.84. The predicted octanol–water partition coefficient (Wildman–Crippen LogP) is 3.78. The second-order valence-corrected chi connectivity index (χ2v) is 4.51. The first-order valence-electron chi connectivity index (χ1n) is 5.80. The van der Waals surface area contributed by atoms with Gasteiger partial charge in [-0.1, -0.05) is 35.0 Å². The maximum Gasteiger partial charge on any atom is 0.262 e. The number of anilines is 1. The summed E-state index contributed by atoms with van der Waals surface area (Å²) in [7, 11) is 0. The number of hydrogen-bond donors (Lipinski definition) is 1. The summed E-state index contributed by atoms with van der Waals surface area (Å²) in [4.78, 5) is 4.15. The highest BCUT2D eigenvalue weighted by Crippen LogP contribution is 2.31. The standard InChI is InChI=1S/C14H9ClFN3O/c15-9-5-3-6-10(16)12(9)14-18-13(19-20-14)8-4-1-2-7-11(8)17/h1-7H,17H2. The molecule has 20 heavy (non-hydrogen) atoms. The van der Waals surface area contributed by atoms with Crippen LogP contribution in [0.5, 0.6) is 0 Å². The first-order valence-corrected chi connectivity index (χ1v) is 6.17. The normalized spacial score (nSPS) is 10.7. The van der Waals surface area contributed by atoms with Gasteiger partial charge in [0.1, 0.15) is 5.82 Å². The summed E-state index contributed by atoms with van der Waals surface area (Å²) >= 11 is 5.96. The highest BCUT2D eigenvalue weighted by Gasteiger charge is 2.18. The summed E-state index contributed by atoms with van der Waals surface area (Å²) < 4.78 is 18.9. The molecule has 0 aliphatic rings. The molecule has 0 aliphatic heterocycles. The Labute approximate surface area is 119 Å². The third kappa shape index (κ3) is 2.12. The number of benzene rings is 2. The van der Waals surface area contributed by atoms with Gasteiger partial charge in [-0.15, -0.1) is 0 Å². The molecule has 1 heterocycles. The van der Waals surface area contributed by atoms with Crippen molar-refractivity contribution < 1.29 is 8.91 Å². The Bertz CT molecular complexity index is 752. The zero-order valence-electron chi connectivity index (χ0n) is 10.2. The smallest absolute Gasteiger partial charge is 0.262 e. The summed E-state index contributed by atoms with van der Waals surface area (Å²) in [6.45, 7) is 0. The molecule has 3 aromatic rings. The van der Waals surface area contributed by atoms with E-state index in [1.54, 1.807) is 30.3 Å². The average molecular weight is 290 g/mol. The van der Waals surface area contributed by atoms with E-state index in [0.29, 0.717) is 11.3 Å². The maximum absolute atomic E-state index is 13.8. The van der Waals surface area contributed by atoms with Crippen LogP contribution < -0.4 is 5.73 Å².